The highest BCUT2D eigenvalue weighted by molar-refractivity contribution is 5.84. The average molecular weight is 198 g/mol. The zero-order valence-electron chi connectivity index (χ0n) is 9.55. The topological polar surface area (TPSA) is 32.3 Å². The van der Waals surface area contributed by atoms with Crippen LogP contribution in [-0.4, -0.2) is 29.6 Å². The molecule has 0 aromatic carbocycles. The van der Waals surface area contributed by atoms with Crippen LogP contribution < -0.4 is 5.32 Å². The highest BCUT2D eigenvalue weighted by Gasteiger charge is 2.34. The lowest BCUT2D eigenvalue weighted by molar-refractivity contribution is -0.129. The van der Waals surface area contributed by atoms with E-state index in [0.717, 1.165) is 19.4 Å². The maximum Gasteiger partial charge on any atom is 0.240 e. The molecule has 1 heterocycles. The van der Waals surface area contributed by atoms with Gasteiger partial charge in [0.2, 0.25) is 5.91 Å². The number of nitrogens with zero attached hydrogens (tertiary/aromatic N) is 1. The zero-order valence-corrected chi connectivity index (χ0v) is 9.55. The van der Waals surface area contributed by atoms with Gasteiger partial charge in [-0.2, -0.15) is 0 Å². The lowest BCUT2D eigenvalue weighted by Crippen LogP contribution is -2.35. The Bertz CT molecular complexity index is 194. The summed E-state index contributed by atoms with van der Waals surface area (Å²) in [5.41, 5.74) is 0. The molecule has 1 saturated heterocycles. The SMILES string of the molecule is CCCCCN1C(=O)C(CC)NC1C. The third kappa shape index (κ3) is 2.47. The third-order valence-corrected chi connectivity index (χ3v) is 2.90. The van der Waals surface area contributed by atoms with Gasteiger partial charge in [-0.3, -0.25) is 10.1 Å². The molecule has 1 rings (SSSR count). The van der Waals surface area contributed by atoms with E-state index in [4.69, 9.17) is 0 Å². The molecule has 2 unspecified atom stereocenters. The highest BCUT2D eigenvalue weighted by atomic mass is 16.2. The van der Waals surface area contributed by atoms with Crippen LogP contribution in [0.5, 0.6) is 0 Å². The van der Waals surface area contributed by atoms with Crippen molar-refractivity contribution < 1.29 is 4.79 Å². The van der Waals surface area contributed by atoms with Crippen LogP contribution >= 0.6 is 0 Å². The van der Waals surface area contributed by atoms with Gasteiger partial charge < -0.3 is 4.90 Å². The Labute approximate surface area is 86.9 Å². The number of carbonyl (C=O) groups is 1. The maximum atomic E-state index is 11.8. The normalized spacial score (nSPS) is 27.4. The van der Waals surface area contributed by atoms with Crippen LogP contribution in [0.15, 0.2) is 0 Å². The summed E-state index contributed by atoms with van der Waals surface area (Å²) in [6, 6.07) is 0.0617. The molecule has 1 aliphatic heterocycles. The number of carbonyl (C=O) groups excluding carboxylic acids is 1. The molecule has 1 fully saturated rings. The molecule has 1 aliphatic rings. The molecule has 3 heteroatoms. The predicted molar refractivity (Wildman–Crippen MR) is 57.9 cm³/mol. The number of hydrogen-bond acceptors (Lipinski definition) is 2. The Morgan fingerprint density at radius 1 is 1.36 bits per heavy atom. The fraction of sp³-hybridized carbons (Fsp3) is 0.909. The molecule has 0 spiro atoms. The first-order chi connectivity index (χ1) is 6.70. The Morgan fingerprint density at radius 3 is 2.57 bits per heavy atom. The van der Waals surface area contributed by atoms with Crippen molar-refractivity contribution in [3.63, 3.8) is 0 Å². The first kappa shape index (κ1) is 11.5. The van der Waals surface area contributed by atoms with Crippen molar-refractivity contribution in [1.29, 1.82) is 0 Å². The lowest BCUT2D eigenvalue weighted by atomic mass is 10.2. The van der Waals surface area contributed by atoms with Crippen molar-refractivity contribution in [2.45, 2.75) is 58.7 Å². The summed E-state index contributed by atoms with van der Waals surface area (Å²) in [6.07, 6.45) is 4.68. The summed E-state index contributed by atoms with van der Waals surface area (Å²) in [6.45, 7) is 7.22. The number of nitrogens with one attached hydrogen (secondary N) is 1. The van der Waals surface area contributed by atoms with Gasteiger partial charge >= 0.3 is 0 Å². The zero-order chi connectivity index (χ0) is 10.6. The number of hydrogen-bond donors (Lipinski definition) is 1. The van der Waals surface area contributed by atoms with Gasteiger partial charge in [0, 0.05) is 6.54 Å². The molecule has 0 aromatic rings. The van der Waals surface area contributed by atoms with E-state index in [-0.39, 0.29) is 18.1 Å². The first-order valence-corrected chi connectivity index (χ1v) is 5.77. The second kappa shape index (κ2) is 5.35. The van der Waals surface area contributed by atoms with E-state index < -0.39 is 0 Å². The summed E-state index contributed by atoms with van der Waals surface area (Å²) < 4.78 is 0. The molecule has 2 atom stereocenters. The minimum atomic E-state index is 0.0617. The molecule has 1 amide bonds. The summed E-state index contributed by atoms with van der Waals surface area (Å²) in [4.78, 5) is 13.8. The fourth-order valence-electron chi connectivity index (χ4n) is 1.97. The Hall–Kier alpha value is -0.570. The van der Waals surface area contributed by atoms with Gasteiger partial charge in [0.25, 0.3) is 0 Å². The molecule has 0 aliphatic carbocycles. The van der Waals surface area contributed by atoms with E-state index >= 15 is 0 Å². The predicted octanol–water partition coefficient (Wildman–Crippen LogP) is 1.73. The summed E-state index contributed by atoms with van der Waals surface area (Å²) in [5, 5.41) is 3.31. The molecular weight excluding hydrogens is 176 g/mol. The molecule has 0 aromatic heterocycles. The average Bonchev–Trinajstić information content (AvgIpc) is 2.45. The molecule has 14 heavy (non-hydrogen) atoms. The minimum absolute atomic E-state index is 0.0617. The second-order valence-corrected chi connectivity index (χ2v) is 4.04. The Kier molecular flexibility index (Phi) is 4.39. The minimum Gasteiger partial charge on any atom is -0.326 e. The number of rotatable bonds is 5. The van der Waals surface area contributed by atoms with Crippen LogP contribution in [0.4, 0.5) is 0 Å². The highest BCUT2D eigenvalue weighted by Crippen LogP contribution is 2.13. The standard InChI is InChI=1S/C11H22N2O/c1-4-6-7-8-13-9(3)12-10(5-2)11(13)14/h9-10,12H,4-8H2,1-3H3. The number of unbranched alkanes of at least 4 members (excludes halogenated alkanes) is 2. The summed E-state index contributed by atoms with van der Waals surface area (Å²) in [5.74, 6) is 0.288. The van der Waals surface area contributed by atoms with Crippen molar-refractivity contribution in [3.05, 3.63) is 0 Å². The Morgan fingerprint density at radius 2 is 2.07 bits per heavy atom. The fourth-order valence-corrected chi connectivity index (χ4v) is 1.97. The van der Waals surface area contributed by atoms with Gasteiger partial charge in [-0.25, -0.2) is 0 Å². The van der Waals surface area contributed by atoms with E-state index in [2.05, 4.69) is 26.1 Å². The van der Waals surface area contributed by atoms with E-state index in [1.807, 2.05) is 4.90 Å². The molecule has 82 valence electrons. The van der Waals surface area contributed by atoms with Gasteiger partial charge in [0.1, 0.15) is 0 Å². The van der Waals surface area contributed by atoms with Gasteiger partial charge in [-0.05, 0) is 19.8 Å². The van der Waals surface area contributed by atoms with Crippen LogP contribution in [0.25, 0.3) is 0 Å². The molecule has 3 nitrogen and oxygen atoms in total. The third-order valence-electron chi connectivity index (χ3n) is 2.90. The van der Waals surface area contributed by atoms with Crippen LogP contribution in [0.3, 0.4) is 0 Å². The van der Waals surface area contributed by atoms with Gasteiger partial charge in [-0.1, -0.05) is 26.7 Å². The van der Waals surface area contributed by atoms with Crippen molar-refractivity contribution in [1.82, 2.24) is 10.2 Å². The number of amides is 1. The van der Waals surface area contributed by atoms with Crippen LogP contribution in [0, 0.1) is 0 Å². The summed E-state index contributed by atoms with van der Waals surface area (Å²) >= 11 is 0. The maximum absolute atomic E-state index is 11.8. The van der Waals surface area contributed by atoms with E-state index in [0.29, 0.717) is 0 Å². The van der Waals surface area contributed by atoms with Crippen LogP contribution in [-0.2, 0) is 4.79 Å². The van der Waals surface area contributed by atoms with E-state index in [1.54, 1.807) is 0 Å². The van der Waals surface area contributed by atoms with E-state index in [9.17, 15) is 4.79 Å². The van der Waals surface area contributed by atoms with Crippen molar-refractivity contribution in [2.75, 3.05) is 6.54 Å². The smallest absolute Gasteiger partial charge is 0.240 e. The molecule has 0 bridgehead atoms. The first-order valence-electron chi connectivity index (χ1n) is 5.77. The Balaban J connectivity index is 2.40. The molecule has 0 saturated carbocycles. The quantitative estimate of drug-likeness (QED) is 0.682. The largest absolute Gasteiger partial charge is 0.326 e. The summed E-state index contributed by atoms with van der Waals surface area (Å²) in [7, 11) is 0. The second-order valence-electron chi connectivity index (χ2n) is 4.04. The van der Waals surface area contributed by atoms with Gasteiger partial charge in [0.05, 0.1) is 12.2 Å². The van der Waals surface area contributed by atoms with E-state index in [1.165, 1.54) is 12.8 Å². The van der Waals surface area contributed by atoms with Crippen molar-refractivity contribution in [3.8, 4) is 0 Å². The van der Waals surface area contributed by atoms with Crippen molar-refractivity contribution in [2.24, 2.45) is 0 Å². The molecular formula is C11H22N2O. The van der Waals surface area contributed by atoms with Gasteiger partial charge in [0.15, 0.2) is 0 Å². The molecule has 0 radical (unpaired) electrons. The lowest BCUT2D eigenvalue weighted by Gasteiger charge is -2.20. The van der Waals surface area contributed by atoms with Gasteiger partial charge in [-0.15, -0.1) is 0 Å². The monoisotopic (exact) mass is 198 g/mol. The van der Waals surface area contributed by atoms with Crippen LogP contribution in [0.2, 0.25) is 0 Å². The molecule has 1 N–H and O–H groups in total. The van der Waals surface area contributed by atoms with Crippen molar-refractivity contribution >= 4 is 5.91 Å². The van der Waals surface area contributed by atoms with Crippen LogP contribution in [0.1, 0.15) is 46.5 Å².